The predicted molar refractivity (Wildman–Crippen MR) is 86.9 cm³/mol. The van der Waals surface area contributed by atoms with Crippen LogP contribution in [0.3, 0.4) is 0 Å². The Morgan fingerprint density at radius 1 is 1.13 bits per heavy atom. The lowest BCUT2D eigenvalue weighted by Crippen LogP contribution is -2.01. The zero-order valence-electron chi connectivity index (χ0n) is 12.5. The molecule has 0 saturated carbocycles. The number of hydrogen-bond donors (Lipinski definition) is 1. The second-order valence-corrected chi connectivity index (χ2v) is 4.84. The van der Waals surface area contributed by atoms with Gasteiger partial charge in [0.15, 0.2) is 6.79 Å². The van der Waals surface area contributed by atoms with Crippen LogP contribution < -0.4 is 4.74 Å². The van der Waals surface area contributed by atoms with Crippen molar-refractivity contribution in [1.82, 2.24) is 10.2 Å². The molecule has 6 nitrogen and oxygen atoms in total. The number of hydrogen-bond acceptors (Lipinski definition) is 6. The molecule has 1 heterocycles. The van der Waals surface area contributed by atoms with E-state index in [1.807, 2.05) is 48.5 Å². The second-order valence-electron chi connectivity index (χ2n) is 4.84. The summed E-state index contributed by atoms with van der Waals surface area (Å²) in [7, 11) is 1.57. The highest BCUT2D eigenvalue weighted by atomic mass is 16.7. The van der Waals surface area contributed by atoms with Gasteiger partial charge in [0.05, 0.1) is 17.4 Å². The Balaban J connectivity index is 2.06. The van der Waals surface area contributed by atoms with Crippen molar-refractivity contribution in [2.24, 2.45) is 5.16 Å². The van der Waals surface area contributed by atoms with E-state index in [0.29, 0.717) is 11.4 Å². The van der Waals surface area contributed by atoms with Crippen LogP contribution in [0.5, 0.6) is 5.75 Å². The largest absolute Gasteiger partial charge is 0.467 e. The SMILES string of the molecule is COCOc1ccccc1-c1cc2cc(/C=N/O)ccc2nn1. The molecule has 0 bridgehead atoms. The average Bonchev–Trinajstić information content (AvgIpc) is 2.60. The number of aromatic nitrogens is 2. The second kappa shape index (κ2) is 6.85. The first kappa shape index (κ1) is 14.9. The molecule has 0 unspecified atom stereocenters. The number of oxime groups is 1. The Morgan fingerprint density at radius 2 is 2.00 bits per heavy atom. The maximum Gasteiger partial charge on any atom is 0.188 e. The number of methoxy groups -OCH3 is 1. The van der Waals surface area contributed by atoms with Crippen LogP contribution in [-0.4, -0.2) is 35.5 Å². The lowest BCUT2D eigenvalue weighted by molar-refractivity contribution is 0.0515. The van der Waals surface area contributed by atoms with Crippen molar-refractivity contribution in [2.45, 2.75) is 0 Å². The Labute approximate surface area is 133 Å². The molecule has 3 rings (SSSR count). The third-order valence-corrected chi connectivity index (χ3v) is 3.31. The summed E-state index contributed by atoms with van der Waals surface area (Å²) in [5, 5.41) is 21.1. The maximum absolute atomic E-state index is 8.66. The summed E-state index contributed by atoms with van der Waals surface area (Å²) in [5.74, 6) is 0.677. The molecule has 0 atom stereocenters. The fourth-order valence-corrected chi connectivity index (χ4v) is 2.27. The molecule has 0 saturated heterocycles. The summed E-state index contributed by atoms with van der Waals surface area (Å²) in [6.45, 7) is 0.162. The highest BCUT2D eigenvalue weighted by Crippen LogP contribution is 2.29. The number of benzene rings is 2. The highest BCUT2D eigenvalue weighted by molar-refractivity contribution is 5.90. The molecule has 0 aliphatic carbocycles. The smallest absolute Gasteiger partial charge is 0.188 e. The summed E-state index contributed by atoms with van der Waals surface area (Å²) in [5.41, 5.74) is 3.07. The number of rotatable bonds is 5. The quantitative estimate of drug-likeness (QED) is 0.339. The monoisotopic (exact) mass is 309 g/mol. The van der Waals surface area contributed by atoms with Crippen LogP contribution in [0.1, 0.15) is 5.56 Å². The van der Waals surface area contributed by atoms with Crippen molar-refractivity contribution in [3.05, 3.63) is 54.1 Å². The number of ether oxygens (including phenoxy) is 2. The number of nitrogens with zero attached hydrogens (tertiary/aromatic N) is 3. The summed E-state index contributed by atoms with van der Waals surface area (Å²) in [6, 6.07) is 15.0. The molecule has 0 aliphatic heterocycles. The topological polar surface area (TPSA) is 76.8 Å². The predicted octanol–water partition coefficient (Wildman–Crippen LogP) is 3.09. The van der Waals surface area contributed by atoms with E-state index in [1.54, 1.807) is 7.11 Å². The van der Waals surface area contributed by atoms with Gasteiger partial charge in [0.2, 0.25) is 0 Å². The van der Waals surface area contributed by atoms with E-state index in [2.05, 4.69) is 15.4 Å². The van der Waals surface area contributed by atoms with E-state index in [-0.39, 0.29) is 6.79 Å². The Hall–Kier alpha value is -2.99. The molecule has 0 spiro atoms. The first-order valence-electron chi connectivity index (χ1n) is 6.98. The van der Waals surface area contributed by atoms with Gasteiger partial charge in [-0.3, -0.25) is 0 Å². The van der Waals surface area contributed by atoms with E-state index in [1.165, 1.54) is 6.21 Å². The lowest BCUT2D eigenvalue weighted by Gasteiger charge is -2.10. The van der Waals surface area contributed by atoms with Gasteiger partial charge in [-0.15, -0.1) is 10.2 Å². The minimum absolute atomic E-state index is 0.162. The van der Waals surface area contributed by atoms with E-state index in [9.17, 15) is 0 Å². The number of fused-ring (bicyclic) bond motifs is 1. The normalized spacial score (nSPS) is 11.2. The van der Waals surface area contributed by atoms with Crippen LogP contribution in [0.25, 0.3) is 22.2 Å². The average molecular weight is 309 g/mol. The fraction of sp³-hybridized carbons (Fsp3) is 0.118. The molecule has 3 aromatic rings. The van der Waals surface area contributed by atoms with Gasteiger partial charge in [-0.25, -0.2) is 0 Å². The third kappa shape index (κ3) is 3.27. The van der Waals surface area contributed by atoms with Gasteiger partial charge in [-0.05, 0) is 35.9 Å². The summed E-state index contributed by atoms with van der Waals surface area (Å²) in [4.78, 5) is 0. The van der Waals surface area contributed by atoms with Crippen LogP contribution in [0.4, 0.5) is 0 Å². The molecule has 0 aliphatic rings. The summed E-state index contributed by atoms with van der Waals surface area (Å²) >= 11 is 0. The molecule has 0 fully saturated rings. The molecule has 0 radical (unpaired) electrons. The maximum atomic E-state index is 8.66. The fourth-order valence-electron chi connectivity index (χ4n) is 2.27. The van der Waals surface area contributed by atoms with Crippen molar-refractivity contribution in [3.8, 4) is 17.0 Å². The molecular weight excluding hydrogens is 294 g/mol. The van der Waals surface area contributed by atoms with Gasteiger partial charge in [0.25, 0.3) is 0 Å². The van der Waals surface area contributed by atoms with Crippen molar-refractivity contribution < 1.29 is 14.7 Å². The van der Waals surface area contributed by atoms with E-state index in [0.717, 1.165) is 22.0 Å². The molecule has 2 aromatic carbocycles. The Kier molecular flexibility index (Phi) is 4.44. The lowest BCUT2D eigenvalue weighted by atomic mass is 10.1. The highest BCUT2D eigenvalue weighted by Gasteiger charge is 2.09. The van der Waals surface area contributed by atoms with Gasteiger partial charge in [0.1, 0.15) is 5.75 Å². The third-order valence-electron chi connectivity index (χ3n) is 3.31. The van der Waals surface area contributed by atoms with Crippen LogP contribution in [0.15, 0.2) is 53.7 Å². The van der Waals surface area contributed by atoms with Crippen molar-refractivity contribution >= 4 is 17.1 Å². The summed E-state index contributed by atoms with van der Waals surface area (Å²) < 4.78 is 10.5. The molecule has 6 heteroatoms. The van der Waals surface area contributed by atoms with E-state index in [4.69, 9.17) is 14.7 Å². The molecule has 1 N–H and O–H groups in total. The first-order chi connectivity index (χ1) is 11.3. The van der Waals surface area contributed by atoms with Crippen LogP contribution in [0.2, 0.25) is 0 Å². The van der Waals surface area contributed by atoms with Crippen LogP contribution >= 0.6 is 0 Å². The molecule has 23 heavy (non-hydrogen) atoms. The van der Waals surface area contributed by atoms with E-state index < -0.39 is 0 Å². The Bertz CT molecular complexity index is 849. The minimum Gasteiger partial charge on any atom is -0.467 e. The molecule has 1 aromatic heterocycles. The molecule has 116 valence electrons. The zero-order chi connectivity index (χ0) is 16.1. The van der Waals surface area contributed by atoms with Gasteiger partial charge in [0, 0.05) is 18.1 Å². The van der Waals surface area contributed by atoms with Gasteiger partial charge in [-0.1, -0.05) is 23.4 Å². The molecular formula is C17H15N3O3. The van der Waals surface area contributed by atoms with Gasteiger partial charge < -0.3 is 14.7 Å². The van der Waals surface area contributed by atoms with Crippen molar-refractivity contribution in [1.29, 1.82) is 0 Å². The standard InChI is InChI=1S/C17H15N3O3/c1-22-11-23-17-5-3-2-4-14(17)16-9-13-8-12(10-18-21)6-7-15(13)19-20-16/h2-10,21H,11H2,1H3/b18-10+. The van der Waals surface area contributed by atoms with Gasteiger partial charge in [-0.2, -0.15) is 0 Å². The van der Waals surface area contributed by atoms with Gasteiger partial charge >= 0.3 is 0 Å². The van der Waals surface area contributed by atoms with Crippen LogP contribution in [0, 0.1) is 0 Å². The minimum atomic E-state index is 0.162. The Morgan fingerprint density at radius 3 is 2.83 bits per heavy atom. The van der Waals surface area contributed by atoms with Crippen LogP contribution in [-0.2, 0) is 4.74 Å². The van der Waals surface area contributed by atoms with Crippen molar-refractivity contribution in [3.63, 3.8) is 0 Å². The molecule has 0 amide bonds. The number of para-hydroxylation sites is 1. The van der Waals surface area contributed by atoms with E-state index >= 15 is 0 Å². The summed E-state index contributed by atoms with van der Waals surface area (Å²) in [6.07, 6.45) is 1.37. The zero-order valence-corrected chi connectivity index (χ0v) is 12.5. The van der Waals surface area contributed by atoms with Crippen molar-refractivity contribution in [2.75, 3.05) is 13.9 Å². The first-order valence-corrected chi connectivity index (χ1v) is 6.98.